The summed E-state index contributed by atoms with van der Waals surface area (Å²) in [5, 5.41) is 3.35. The zero-order valence-corrected chi connectivity index (χ0v) is 11.2. The van der Waals surface area contributed by atoms with Crippen molar-refractivity contribution in [1.82, 2.24) is 4.90 Å². The summed E-state index contributed by atoms with van der Waals surface area (Å²) in [6, 6.07) is 6.68. The van der Waals surface area contributed by atoms with Gasteiger partial charge in [0.15, 0.2) is 0 Å². The predicted molar refractivity (Wildman–Crippen MR) is 75.4 cm³/mol. The molecule has 0 spiro atoms. The van der Waals surface area contributed by atoms with Crippen molar-refractivity contribution in [3.63, 3.8) is 0 Å². The lowest BCUT2D eigenvalue weighted by molar-refractivity contribution is 0.0734. The lowest BCUT2D eigenvalue weighted by Gasteiger charge is -2.22. The van der Waals surface area contributed by atoms with Gasteiger partial charge in [-0.15, -0.1) is 0 Å². The largest absolute Gasteiger partial charge is 0.384 e. The standard InChI is InChI=1S/C16H20N2O/c19-16(18(14-4-5-14)10-11-1-2-11)13-3-6-15-12(9-13)7-8-17-15/h3,6,9,11,14,17H,1-2,4-5,7-8,10H2. The van der Waals surface area contributed by atoms with Gasteiger partial charge >= 0.3 is 0 Å². The highest BCUT2D eigenvalue weighted by Crippen LogP contribution is 2.36. The first-order chi connectivity index (χ1) is 9.31. The van der Waals surface area contributed by atoms with E-state index in [0.717, 1.165) is 31.0 Å². The van der Waals surface area contributed by atoms with Gasteiger partial charge in [0.25, 0.3) is 5.91 Å². The summed E-state index contributed by atoms with van der Waals surface area (Å²) in [6.45, 7) is 1.99. The quantitative estimate of drug-likeness (QED) is 0.898. The van der Waals surface area contributed by atoms with E-state index in [2.05, 4.69) is 22.3 Å². The number of amides is 1. The highest BCUT2D eigenvalue weighted by molar-refractivity contribution is 5.95. The number of benzene rings is 1. The smallest absolute Gasteiger partial charge is 0.254 e. The van der Waals surface area contributed by atoms with Crippen LogP contribution in [0.4, 0.5) is 5.69 Å². The minimum atomic E-state index is 0.254. The zero-order valence-electron chi connectivity index (χ0n) is 11.2. The Morgan fingerprint density at radius 1 is 1.26 bits per heavy atom. The summed E-state index contributed by atoms with van der Waals surface area (Å²) >= 11 is 0. The number of hydrogen-bond donors (Lipinski definition) is 1. The second kappa shape index (κ2) is 4.26. The molecule has 0 saturated heterocycles. The number of nitrogens with zero attached hydrogens (tertiary/aromatic N) is 1. The van der Waals surface area contributed by atoms with Gasteiger partial charge in [-0.05, 0) is 61.8 Å². The lowest BCUT2D eigenvalue weighted by atomic mass is 10.1. The molecule has 1 N–H and O–H groups in total. The third kappa shape index (κ3) is 2.22. The van der Waals surface area contributed by atoms with Crippen LogP contribution >= 0.6 is 0 Å². The van der Waals surface area contributed by atoms with Gasteiger partial charge in [-0.2, -0.15) is 0 Å². The molecule has 4 rings (SSSR count). The van der Waals surface area contributed by atoms with E-state index in [1.54, 1.807) is 0 Å². The van der Waals surface area contributed by atoms with Crippen LogP contribution < -0.4 is 5.32 Å². The first kappa shape index (κ1) is 11.3. The molecule has 19 heavy (non-hydrogen) atoms. The van der Waals surface area contributed by atoms with Gasteiger partial charge in [0.2, 0.25) is 0 Å². The number of anilines is 1. The van der Waals surface area contributed by atoms with Crippen LogP contribution in [0.3, 0.4) is 0 Å². The van der Waals surface area contributed by atoms with Crippen molar-refractivity contribution in [3.05, 3.63) is 29.3 Å². The Morgan fingerprint density at radius 2 is 2.11 bits per heavy atom. The Morgan fingerprint density at radius 3 is 2.84 bits per heavy atom. The molecule has 3 heteroatoms. The van der Waals surface area contributed by atoms with E-state index >= 15 is 0 Å². The number of hydrogen-bond acceptors (Lipinski definition) is 2. The maximum absolute atomic E-state index is 12.7. The van der Waals surface area contributed by atoms with Crippen LogP contribution in [0.5, 0.6) is 0 Å². The molecule has 0 bridgehead atoms. The Balaban J connectivity index is 1.57. The second-order valence-corrected chi connectivity index (χ2v) is 6.18. The van der Waals surface area contributed by atoms with E-state index in [0.29, 0.717) is 6.04 Å². The SMILES string of the molecule is O=C(c1ccc2c(c1)CCN2)N(CC1CC1)C1CC1. The van der Waals surface area contributed by atoms with Gasteiger partial charge in [-0.25, -0.2) is 0 Å². The summed E-state index contributed by atoms with van der Waals surface area (Å²) in [5.74, 6) is 1.03. The first-order valence-corrected chi connectivity index (χ1v) is 7.49. The van der Waals surface area contributed by atoms with Crippen LogP contribution in [-0.4, -0.2) is 29.9 Å². The highest BCUT2D eigenvalue weighted by Gasteiger charge is 2.36. The minimum Gasteiger partial charge on any atom is -0.384 e. The summed E-state index contributed by atoms with van der Waals surface area (Å²) in [7, 11) is 0. The van der Waals surface area contributed by atoms with E-state index < -0.39 is 0 Å². The van der Waals surface area contributed by atoms with Crippen LogP contribution in [0.15, 0.2) is 18.2 Å². The van der Waals surface area contributed by atoms with Crippen molar-refractivity contribution in [1.29, 1.82) is 0 Å². The summed E-state index contributed by atoms with van der Waals surface area (Å²) in [4.78, 5) is 14.8. The maximum Gasteiger partial charge on any atom is 0.254 e. The number of carbonyl (C=O) groups excluding carboxylic acids is 1. The molecule has 0 atom stereocenters. The molecule has 0 radical (unpaired) electrons. The molecule has 0 aromatic heterocycles. The third-order valence-corrected chi connectivity index (χ3v) is 4.46. The molecule has 2 saturated carbocycles. The molecule has 3 nitrogen and oxygen atoms in total. The zero-order chi connectivity index (χ0) is 12.8. The van der Waals surface area contributed by atoms with Crippen molar-refractivity contribution < 1.29 is 4.79 Å². The van der Waals surface area contributed by atoms with Crippen LogP contribution in [0, 0.1) is 5.92 Å². The molecule has 2 aliphatic carbocycles. The first-order valence-electron chi connectivity index (χ1n) is 7.49. The summed E-state index contributed by atoms with van der Waals surface area (Å²) in [6.07, 6.45) is 6.06. The Labute approximate surface area is 114 Å². The molecule has 1 amide bonds. The molecule has 1 aromatic rings. The maximum atomic E-state index is 12.7. The van der Waals surface area contributed by atoms with E-state index in [-0.39, 0.29) is 5.91 Å². The van der Waals surface area contributed by atoms with Crippen molar-refractivity contribution in [2.24, 2.45) is 5.92 Å². The monoisotopic (exact) mass is 256 g/mol. The molecule has 0 unspecified atom stereocenters. The Bertz CT molecular complexity index is 517. The fourth-order valence-electron chi connectivity index (χ4n) is 2.97. The lowest BCUT2D eigenvalue weighted by Crippen LogP contribution is -2.34. The van der Waals surface area contributed by atoms with Crippen LogP contribution in [0.25, 0.3) is 0 Å². The molecule has 1 heterocycles. The van der Waals surface area contributed by atoms with Crippen LogP contribution in [-0.2, 0) is 6.42 Å². The molecule has 100 valence electrons. The molecule has 2 fully saturated rings. The van der Waals surface area contributed by atoms with Gasteiger partial charge in [0, 0.05) is 30.4 Å². The normalized spacial score (nSPS) is 20.8. The number of rotatable bonds is 4. The second-order valence-electron chi connectivity index (χ2n) is 6.18. The van der Waals surface area contributed by atoms with Crippen LogP contribution in [0.2, 0.25) is 0 Å². The summed E-state index contributed by atoms with van der Waals surface area (Å²) < 4.78 is 0. The van der Waals surface area contributed by atoms with Crippen molar-refractivity contribution in [3.8, 4) is 0 Å². The van der Waals surface area contributed by atoms with E-state index in [1.165, 1.54) is 36.9 Å². The van der Waals surface area contributed by atoms with E-state index in [9.17, 15) is 4.79 Å². The van der Waals surface area contributed by atoms with E-state index in [4.69, 9.17) is 0 Å². The number of carbonyl (C=O) groups is 1. The number of nitrogens with one attached hydrogen (secondary N) is 1. The van der Waals surface area contributed by atoms with Crippen molar-refractivity contribution in [2.45, 2.75) is 38.1 Å². The van der Waals surface area contributed by atoms with E-state index in [1.807, 2.05) is 6.07 Å². The van der Waals surface area contributed by atoms with Gasteiger partial charge in [0.05, 0.1) is 0 Å². The van der Waals surface area contributed by atoms with Gasteiger partial charge < -0.3 is 10.2 Å². The average molecular weight is 256 g/mol. The van der Waals surface area contributed by atoms with Gasteiger partial charge in [-0.1, -0.05) is 0 Å². The third-order valence-electron chi connectivity index (χ3n) is 4.46. The van der Waals surface area contributed by atoms with Gasteiger partial charge in [-0.3, -0.25) is 4.79 Å². The minimum absolute atomic E-state index is 0.254. The van der Waals surface area contributed by atoms with Crippen LogP contribution in [0.1, 0.15) is 41.6 Å². The fraction of sp³-hybridized carbons (Fsp3) is 0.562. The molecular formula is C16H20N2O. The molecule has 1 aromatic carbocycles. The van der Waals surface area contributed by atoms with Crippen molar-refractivity contribution in [2.75, 3.05) is 18.4 Å². The molecule has 1 aliphatic heterocycles. The van der Waals surface area contributed by atoms with Gasteiger partial charge in [0.1, 0.15) is 0 Å². The Hall–Kier alpha value is -1.51. The Kier molecular flexibility index (Phi) is 2.54. The average Bonchev–Trinajstić information content (AvgIpc) is 3.33. The summed E-state index contributed by atoms with van der Waals surface area (Å²) in [5.41, 5.74) is 3.39. The highest BCUT2D eigenvalue weighted by atomic mass is 16.2. The fourth-order valence-corrected chi connectivity index (χ4v) is 2.97. The topological polar surface area (TPSA) is 32.3 Å². The predicted octanol–water partition coefficient (Wildman–Crippen LogP) is 2.67. The molecule has 3 aliphatic rings. The van der Waals surface area contributed by atoms with Crippen molar-refractivity contribution >= 4 is 11.6 Å². The number of fused-ring (bicyclic) bond motifs is 1. The molecular weight excluding hydrogens is 236 g/mol.